The van der Waals surface area contributed by atoms with Gasteiger partial charge in [-0.25, -0.2) is 4.98 Å². The van der Waals surface area contributed by atoms with Crippen LogP contribution < -0.4 is 4.74 Å². The normalized spacial score (nSPS) is 15.9. The van der Waals surface area contributed by atoms with Crippen LogP contribution in [0.25, 0.3) is 0 Å². The van der Waals surface area contributed by atoms with Gasteiger partial charge in [-0.2, -0.15) is 0 Å². The highest BCUT2D eigenvalue weighted by Gasteiger charge is 2.29. The van der Waals surface area contributed by atoms with Gasteiger partial charge in [0.15, 0.2) is 12.0 Å². The Morgan fingerprint density at radius 2 is 2.12 bits per heavy atom. The zero-order valence-corrected chi connectivity index (χ0v) is 9.99. The number of carbonyl (C=O) groups is 1. The van der Waals surface area contributed by atoms with Gasteiger partial charge >= 0.3 is 0 Å². The predicted octanol–water partition coefficient (Wildman–Crippen LogP) is 2.73. The Labute approximate surface area is 95.8 Å². The van der Waals surface area contributed by atoms with Crippen LogP contribution in [0.1, 0.15) is 49.7 Å². The van der Waals surface area contributed by atoms with E-state index in [1.807, 2.05) is 6.07 Å². The van der Waals surface area contributed by atoms with Crippen LogP contribution in [0.5, 0.6) is 5.75 Å². The van der Waals surface area contributed by atoms with Crippen molar-refractivity contribution in [2.24, 2.45) is 0 Å². The largest absolute Gasteiger partial charge is 0.488 e. The molecule has 1 fully saturated rings. The summed E-state index contributed by atoms with van der Waals surface area (Å²) in [5, 5.41) is 0. The van der Waals surface area contributed by atoms with Crippen LogP contribution in [-0.4, -0.2) is 17.4 Å². The summed E-state index contributed by atoms with van der Waals surface area (Å²) in [5.74, 6) is 0.674. The van der Waals surface area contributed by atoms with E-state index in [0.717, 1.165) is 24.7 Å². The van der Waals surface area contributed by atoms with E-state index in [2.05, 4.69) is 25.8 Å². The Morgan fingerprint density at radius 3 is 2.62 bits per heavy atom. The Balaban J connectivity index is 2.44. The number of aldehydes is 1. The smallest absolute Gasteiger partial charge is 0.172 e. The summed E-state index contributed by atoms with van der Waals surface area (Å²) in [4.78, 5) is 15.0. The molecule has 0 atom stereocenters. The van der Waals surface area contributed by atoms with Crippen molar-refractivity contribution >= 4 is 6.29 Å². The van der Waals surface area contributed by atoms with Gasteiger partial charge in [0, 0.05) is 11.8 Å². The maximum Gasteiger partial charge on any atom is 0.172 e. The molecule has 1 aromatic heterocycles. The van der Waals surface area contributed by atoms with Crippen LogP contribution in [-0.2, 0) is 5.41 Å². The lowest BCUT2D eigenvalue weighted by Gasteiger charge is -2.23. The zero-order chi connectivity index (χ0) is 11.8. The van der Waals surface area contributed by atoms with Crippen molar-refractivity contribution in [2.75, 3.05) is 0 Å². The van der Waals surface area contributed by atoms with Gasteiger partial charge in [0.1, 0.15) is 5.69 Å². The molecule has 2 rings (SSSR count). The van der Waals surface area contributed by atoms with Crippen LogP contribution >= 0.6 is 0 Å². The third kappa shape index (κ3) is 2.23. The summed E-state index contributed by atoms with van der Waals surface area (Å²) in [6, 6.07) is 1.94. The van der Waals surface area contributed by atoms with E-state index in [9.17, 15) is 4.79 Å². The topological polar surface area (TPSA) is 39.2 Å². The second kappa shape index (κ2) is 3.89. The van der Waals surface area contributed by atoms with E-state index in [1.54, 1.807) is 6.20 Å². The molecule has 86 valence electrons. The number of carbonyl (C=O) groups excluding carboxylic acids is 1. The van der Waals surface area contributed by atoms with E-state index in [0.29, 0.717) is 11.4 Å². The van der Waals surface area contributed by atoms with Gasteiger partial charge in [-0.15, -0.1) is 0 Å². The van der Waals surface area contributed by atoms with Gasteiger partial charge in [-0.3, -0.25) is 4.79 Å². The maximum absolute atomic E-state index is 11.0. The quantitative estimate of drug-likeness (QED) is 0.734. The third-order valence-corrected chi connectivity index (χ3v) is 2.66. The Kier molecular flexibility index (Phi) is 2.70. The fraction of sp³-hybridized carbons (Fsp3) is 0.538. The second-order valence-corrected chi connectivity index (χ2v) is 5.26. The first-order valence-corrected chi connectivity index (χ1v) is 5.63. The molecule has 1 aliphatic rings. The number of nitrogens with zero attached hydrogens (tertiary/aromatic N) is 1. The fourth-order valence-corrected chi connectivity index (χ4v) is 1.62. The summed E-state index contributed by atoms with van der Waals surface area (Å²) in [6.07, 6.45) is 4.88. The van der Waals surface area contributed by atoms with Crippen molar-refractivity contribution < 1.29 is 9.53 Å². The third-order valence-electron chi connectivity index (χ3n) is 2.66. The van der Waals surface area contributed by atoms with E-state index in [4.69, 9.17) is 4.74 Å². The summed E-state index contributed by atoms with van der Waals surface area (Å²) in [7, 11) is 0. The van der Waals surface area contributed by atoms with Crippen LogP contribution in [0.15, 0.2) is 12.3 Å². The summed E-state index contributed by atoms with van der Waals surface area (Å²) >= 11 is 0. The molecule has 0 aromatic carbocycles. The molecule has 0 saturated heterocycles. The molecule has 0 spiro atoms. The lowest BCUT2D eigenvalue weighted by atomic mass is 9.86. The number of hydrogen-bond donors (Lipinski definition) is 0. The van der Waals surface area contributed by atoms with Crippen molar-refractivity contribution in [1.82, 2.24) is 4.98 Å². The molecular formula is C13H17NO2. The van der Waals surface area contributed by atoms with E-state index < -0.39 is 0 Å². The molecule has 1 aliphatic carbocycles. The number of rotatable bonds is 3. The molecule has 1 saturated carbocycles. The first kappa shape index (κ1) is 11.1. The molecular weight excluding hydrogens is 202 g/mol. The van der Waals surface area contributed by atoms with Crippen molar-refractivity contribution in [1.29, 1.82) is 0 Å². The SMILES string of the molecule is CC(C)(C)c1ccnc(C=O)c1OC1CC1. The average molecular weight is 219 g/mol. The van der Waals surface area contributed by atoms with Crippen LogP contribution in [0.2, 0.25) is 0 Å². The van der Waals surface area contributed by atoms with Gasteiger partial charge in [-0.1, -0.05) is 20.8 Å². The highest BCUT2D eigenvalue weighted by molar-refractivity contribution is 5.77. The summed E-state index contributed by atoms with van der Waals surface area (Å²) in [6.45, 7) is 6.32. The Morgan fingerprint density at radius 1 is 1.44 bits per heavy atom. The molecule has 1 heterocycles. The van der Waals surface area contributed by atoms with Gasteiger partial charge in [-0.05, 0) is 24.3 Å². The van der Waals surface area contributed by atoms with Crippen LogP contribution in [0, 0.1) is 0 Å². The first-order valence-electron chi connectivity index (χ1n) is 5.63. The molecule has 16 heavy (non-hydrogen) atoms. The van der Waals surface area contributed by atoms with Gasteiger partial charge in [0.2, 0.25) is 0 Å². The fourth-order valence-electron chi connectivity index (χ4n) is 1.62. The zero-order valence-electron chi connectivity index (χ0n) is 9.99. The highest BCUT2D eigenvalue weighted by Crippen LogP contribution is 2.36. The molecule has 3 heteroatoms. The number of ether oxygens (including phenoxy) is 1. The van der Waals surface area contributed by atoms with Crippen molar-refractivity contribution in [2.45, 2.75) is 45.1 Å². The average Bonchev–Trinajstić information content (AvgIpc) is 3.00. The molecule has 0 bridgehead atoms. The van der Waals surface area contributed by atoms with Crippen LogP contribution in [0.3, 0.4) is 0 Å². The van der Waals surface area contributed by atoms with E-state index in [1.165, 1.54) is 0 Å². The molecule has 1 aromatic rings. The van der Waals surface area contributed by atoms with Crippen molar-refractivity contribution in [3.8, 4) is 5.75 Å². The molecule has 0 N–H and O–H groups in total. The minimum atomic E-state index is -0.0368. The molecule has 0 radical (unpaired) electrons. The van der Waals surface area contributed by atoms with Crippen LogP contribution in [0.4, 0.5) is 0 Å². The van der Waals surface area contributed by atoms with Crippen molar-refractivity contribution in [3.63, 3.8) is 0 Å². The maximum atomic E-state index is 11.0. The van der Waals surface area contributed by atoms with Gasteiger partial charge < -0.3 is 4.74 Å². The standard InChI is InChI=1S/C13H17NO2/c1-13(2,3)10-6-7-14-11(8-15)12(10)16-9-4-5-9/h6-9H,4-5H2,1-3H3. The molecule has 3 nitrogen and oxygen atoms in total. The minimum absolute atomic E-state index is 0.0368. The van der Waals surface area contributed by atoms with Gasteiger partial charge in [0.05, 0.1) is 6.10 Å². The second-order valence-electron chi connectivity index (χ2n) is 5.26. The lowest BCUT2D eigenvalue weighted by Crippen LogP contribution is -2.16. The molecule has 0 amide bonds. The number of hydrogen-bond acceptors (Lipinski definition) is 3. The minimum Gasteiger partial charge on any atom is -0.488 e. The van der Waals surface area contributed by atoms with Crippen molar-refractivity contribution in [3.05, 3.63) is 23.5 Å². The van der Waals surface area contributed by atoms with Gasteiger partial charge in [0.25, 0.3) is 0 Å². The highest BCUT2D eigenvalue weighted by atomic mass is 16.5. The molecule has 0 aliphatic heterocycles. The Bertz CT molecular complexity index is 403. The monoisotopic (exact) mass is 219 g/mol. The molecule has 0 unspecified atom stereocenters. The van der Waals surface area contributed by atoms with E-state index in [-0.39, 0.29) is 11.5 Å². The van der Waals surface area contributed by atoms with E-state index >= 15 is 0 Å². The summed E-state index contributed by atoms with van der Waals surface area (Å²) < 4.78 is 5.81. The Hall–Kier alpha value is -1.38. The first-order chi connectivity index (χ1) is 7.52. The lowest BCUT2D eigenvalue weighted by molar-refractivity contribution is 0.111. The number of aromatic nitrogens is 1. The predicted molar refractivity (Wildman–Crippen MR) is 62.0 cm³/mol. The number of pyridine rings is 1. The summed E-state index contributed by atoms with van der Waals surface area (Å²) in [5.41, 5.74) is 1.43.